The zero-order valence-electron chi connectivity index (χ0n) is 11.3. The molecule has 1 aromatic heterocycles. The molecule has 4 nitrogen and oxygen atoms in total. The molecule has 2 fully saturated rings. The third-order valence-electron chi connectivity index (χ3n) is 4.25. The molecule has 3 rings (SSSR count). The number of aromatic nitrogens is 1. The van der Waals surface area contributed by atoms with Crippen molar-refractivity contribution in [2.75, 3.05) is 18.5 Å². The van der Waals surface area contributed by atoms with Gasteiger partial charge in [-0.1, -0.05) is 0 Å². The van der Waals surface area contributed by atoms with Crippen LogP contribution in [0.3, 0.4) is 0 Å². The summed E-state index contributed by atoms with van der Waals surface area (Å²) in [5, 5.41) is 3.36. The summed E-state index contributed by atoms with van der Waals surface area (Å²) in [5.41, 5.74) is 1.03. The summed E-state index contributed by atoms with van der Waals surface area (Å²) >= 11 is 0. The van der Waals surface area contributed by atoms with Gasteiger partial charge in [-0.15, -0.1) is 0 Å². The first-order valence-corrected chi connectivity index (χ1v) is 7.11. The smallest absolute Gasteiger partial charge is 0.341 e. The molecule has 0 aromatic carbocycles. The van der Waals surface area contributed by atoms with Crippen LogP contribution in [-0.2, 0) is 4.74 Å². The van der Waals surface area contributed by atoms with Crippen molar-refractivity contribution in [2.24, 2.45) is 11.3 Å². The molecular formula is C15H20N2O2. The molecule has 1 aromatic rings. The van der Waals surface area contributed by atoms with E-state index in [1.165, 1.54) is 25.7 Å². The fraction of sp³-hybridized carbons (Fsp3) is 0.600. The predicted octanol–water partition coefficient (Wildman–Crippen LogP) is 2.86. The summed E-state index contributed by atoms with van der Waals surface area (Å²) < 4.78 is 5.06. The number of carbonyl (C=O) groups excluding carboxylic acids is 1. The van der Waals surface area contributed by atoms with E-state index in [1.807, 2.05) is 6.92 Å². The van der Waals surface area contributed by atoms with Crippen molar-refractivity contribution in [3.63, 3.8) is 0 Å². The van der Waals surface area contributed by atoms with Crippen LogP contribution in [0.1, 0.15) is 43.0 Å². The van der Waals surface area contributed by atoms with Crippen molar-refractivity contribution < 1.29 is 9.53 Å². The van der Waals surface area contributed by atoms with Crippen LogP contribution in [-0.4, -0.2) is 24.1 Å². The summed E-state index contributed by atoms with van der Waals surface area (Å²) in [6, 6.07) is 3.54. The van der Waals surface area contributed by atoms with E-state index in [-0.39, 0.29) is 5.97 Å². The van der Waals surface area contributed by atoms with Gasteiger partial charge in [-0.2, -0.15) is 0 Å². The third kappa shape index (κ3) is 2.57. The Morgan fingerprint density at radius 1 is 1.53 bits per heavy atom. The number of carbonyl (C=O) groups is 1. The maximum absolute atomic E-state index is 11.8. The number of ether oxygens (including phenoxy) is 1. The second-order valence-corrected chi connectivity index (χ2v) is 5.61. The lowest BCUT2D eigenvalue weighted by Gasteiger charge is -2.16. The first kappa shape index (κ1) is 12.5. The predicted molar refractivity (Wildman–Crippen MR) is 73.1 cm³/mol. The number of nitrogens with zero attached hydrogens (tertiary/aromatic N) is 1. The monoisotopic (exact) mass is 260 g/mol. The highest BCUT2D eigenvalue weighted by molar-refractivity contribution is 5.94. The Balaban J connectivity index is 1.68. The van der Waals surface area contributed by atoms with E-state index in [0.29, 0.717) is 23.4 Å². The lowest BCUT2D eigenvalue weighted by Crippen LogP contribution is -2.20. The fourth-order valence-electron chi connectivity index (χ4n) is 2.77. The number of hydrogen-bond acceptors (Lipinski definition) is 4. The van der Waals surface area contributed by atoms with E-state index in [2.05, 4.69) is 10.3 Å². The Labute approximate surface area is 113 Å². The fourth-order valence-corrected chi connectivity index (χ4v) is 2.77. The maximum atomic E-state index is 11.8. The lowest BCUT2D eigenvalue weighted by atomic mass is 10.0. The van der Waals surface area contributed by atoms with Gasteiger partial charge in [0, 0.05) is 12.7 Å². The second kappa shape index (κ2) is 4.83. The van der Waals surface area contributed by atoms with E-state index < -0.39 is 0 Å². The van der Waals surface area contributed by atoms with Gasteiger partial charge in [-0.25, -0.2) is 9.78 Å². The average Bonchev–Trinajstić information content (AvgIpc) is 3.28. The van der Waals surface area contributed by atoms with Gasteiger partial charge in [0.1, 0.15) is 11.4 Å². The van der Waals surface area contributed by atoms with Crippen LogP contribution in [0.2, 0.25) is 0 Å². The molecule has 2 saturated carbocycles. The Morgan fingerprint density at radius 2 is 2.32 bits per heavy atom. The standard InChI is InChI=1S/C15H20N2O2/c1-2-19-14(18)12-4-3-9-16-13(12)17-10-15(7-8-15)11-5-6-11/h3-4,9,11H,2,5-8,10H2,1H3,(H,16,17). The Hall–Kier alpha value is -1.58. The second-order valence-electron chi connectivity index (χ2n) is 5.61. The zero-order valence-corrected chi connectivity index (χ0v) is 11.3. The van der Waals surface area contributed by atoms with Gasteiger partial charge in [-0.3, -0.25) is 0 Å². The van der Waals surface area contributed by atoms with Gasteiger partial charge >= 0.3 is 5.97 Å². The third-order valence-corrected chi connectivity index (χ3v) is 4.25. The van der Waals surface area contributed by atoms with E-state index in [9.17, 15) is 4.79 Å². The minimum absolute atomic E-state index is 0.297. The number of rotatable bonds is 6. The van der Waals surface area contributed by atoms with Gasteiger partial charge in [0.25, 0.3) is 0 Å². The van der Waals surface area contributed by atoms with Crippen LogP contribution in [0.4, 0.5) is 5.82 Å². The molecule has 0 aliphatic heterocycles. The van der Waals surface area contributed by atoms with Crippen molar-refractivity contribution in [1.29, 1.82) is 0 Å². The van der Waals surface area contributed by atoms with E-state index >= 15 is 0 Å². The first-order chi connectivity index (χ1) is 9.25. The van der Waals surface area contributed by atoms with Crippen molar-refractivity contribution in [2.45, 2.75) is 32.6 Å². The quantitative estimate of drug-likeness (QED) is 0.799. The van der Waals surface area contributed by atoms with Crippen LogP contribution in [0.15, 0.2) is 18.3 Å². The molecule has 0 spiro atoms. The number of hydrogen-bond donors (Lipinski definition) is 1. The molecule has 0 atom stereocenters. The van der Waals surface area contributed by atoms with E-state index in [0.717, 1.165) is 12.5 Å². The van der Waals surface area contributed by atoms with Crippen molar-refractivity contribution in [3.8, 4) is 0 Å². The SMILES string of the molecule is CCOC(=O)c1cccnc1NCC1(C2CC2)CC1. The topological polar surface area (TPSA) is 51.2 Å². The Bertz CT molecular complexity index is 479. The van der Waals surface area contributed by atoms with Gasteiger partial charge in [-0.05, 0) is 56.1 Å². The first-order valence-electron chi connectivity index (χ1n) is 7.11. The highest BCUT2D eigenvalue weighted by atomic mass is 16.5. The molecule has 1 heterocycles. The molecule has 0 radical (unpaired) electrons. The van der Waals surface area contributed by atoms with E-state index in [4.69, 9.17) is 4.74 Å². The van der Waals surface area contributed by atoms with Crippen molar-refractivity contribution >= 4 is 11.8 Å². The number of nitrogens with one attached hydrogen (secondary N) is 1. The van der Waals surface area contributed by atoms with Crippen LogP contribution >= 0.6 is 0 Å². The summed E-state index contributed by atoms with van der Waals surface area (Å²) in [5.74, 6) is 1.26. The average molecular weight is 260 g/mol. The molecule has 0 amide bonds. The molecule has 2 aliphatic carbocycles. The summed E-state index contributed by atoms with van der Waals surface area (Å²) in [6.07, 6.45) is 7.07. The minimum atomic E-state index is -0.297. The van der Waals surface area contributed by atoms with Gasteiger partial charge in [0.2, 0.25) is 0 Å². The summed E-state index contributed by atoms with van der Waals surface area (Å²) in [6.45, 7) is 3.13. The van der Waals surface area contributed by atoms with Crippen molar-refractivity contribution in [1.82, 2.24) is 4.98 Å². The normalized spacial score (nSPS) is 19.8. The molecule has 0 unspecified atom stereocenters. The Morgan fingerprint density at radius 3 is 2.95 bits per heavy atom. The lowest BCUT2D eigenvalue weighted by molar-refractivity contribution is 0.0527. The molecule has 2 aliphatic rings. The van der Waals surface area contributed by atoms with Crippen molar-refractivity contribution in [3.05, 3.63) is 23.9 Å². The van der Waals surface area contributed by atoms with Crippen LogP contribution in [0.25, 0.3) is 0 Å². The minimum Gasteiger partial charge on any atom is -0.462 e. The van der Waals surface area contributed by atoms with Crippen LogP contribution in [0.5, 0.6) is 0 Å². The molecule has 0 bridgehead atoms. The van der Waals surface area contributed by atoms with Gasteiger partial charge in [0.05, 0.1) is 6.61 Å². The highest BCUT2D eigenvalue weighted by Crippen LogP contribution is 2.61. The number of pyridine rings is 1. The summed E-state index contributed by atoms with van der Waals surface area (Å²) in [4.78, 5) is 16.1. The zero-order chi connectivity index (χ0) is 13.3. The molecular weight excluding hydrogens is 240 g/mol. The maximum Gasteiger partial charge on any atom is 0.341 e. The van der Waals surface area contributed by atoms with Gasteiger partial charge in [0.15, 0.2) is 0 Å². The number of anilines is 1. The molecule has 0 saturated heterocycles. The van der Waals surface area contributed by atoms with Crippen LogP contribution in [0, 0.1) is 11.3 Å². The molecule has 19 heavy (non-hydrogen) atoms. The molecule has 1 N–H and O–H groups in total. The molecule has 102 valence electrons. The summed E-state index contributed by atoms with van der Waals surface area (Å²) in [7, 11) is 0. The van der Waals surface area contributed by atoms with Gasteiger partial charge < -0.3 is 10.1 Å². The highest BCUT2D eigenvalue weighted by Gasteiger charge is 2.53. The number of esters is 1. The Kier molecular flexibility index (Phi) is 3.17. The van der Waals surface area contributed by atoms with Crippen LogP contribution < -0.4 is 5.32 Å². The largest absolute Gasteiger partial charge is 0.462 e. The van der Waals surface area contributed by atoms with E-state index in [1.54, 1.807) is 18.3 Å². The molecule has 4 heteroatoms.